The molecular formula is C21H32NO3PS. The van der Waals surface area contributed by atoms with E-state index in [1.807, 2.05) is 6.92 Å². The summed E-state index contributed by atoms with van der Waals surface area (Å²) in [5.74, 6) is 0.205. The maximum atomic E-state index is 11.0. The van der Waals surface area contributed by atoms with Gasteiger partial charge in [-0.3, -0.25) is 4.57 Å². The van der Waals surface area contributed by atoms with Crippen molar-refractivity contribution in [3.63, 3.8) is 0 Å². The molecule has 0 aliphatic rings. The molecule has 0 aliphatic heterocycles. The van der Waals surface area contributed by atoms with Crippen LogP contribution in [0.15, 0.2) is 42.5 Å². The predicted molar refractivity (Wildman–Crippen MR) is 114 cm³/mol. The third-order valence-corrected chi connectivity index (χ3v) is 6.97. The fraction of sp³-hybridized carbons (Fsp3) is 0.524. The molecule has 0 saturated heterocycles. The number of rotatable bonds is 12. The molecule has 4 N–H and O–H groups in total. The molecule has 0 radical (unpaired) electrons. The molecule has 0 amide bonds. The summed E-state index contributed by atoms with van der Waals surface area (Å²) in [7, 11) is -3.91. The van der Waals surface area contributed by atoms with Crippen molar-refractivity contribution in [2.75, 3.05) is 6.16 Å². The third kappa shape index (κ3) is 9.18. The van der Waals surface area contributed by atoms with E-state index in [0.717, 1.165) is 19.3 Å². The van der Waals surface area contributed by atoms with Crippen molar-refractivity contribution in [2.45, 2.75) is 57.9 Å². The Balaban J connectivity index is 1.66. The van der Waals surface area contributed by atoms with Gasteiger partial charge in [0.15, 0.2) is 0 Å². The van der Waals surface area contributed by atoms with Crippen LogP contribution < -0.4 is 5.73 Å². The average Bonchev–Trinajstić information content (AvgIpc) is 3.09. The number of hydrogen-bond acceptors (Lipinski definition) is 3. The lowest BCUT2D eigenvalue weighted by Crippen LogP contribution is -2.13. The van der Waals surface area contributed by atoms with Crippen LogP contribution in [0.25, 0.3) is 0 Å². The van der Waals surface area contributed by atoms with Gasteiger partial charge >= 0.3 is 7.60 Å². The number of aryl methyl sites for hydroxylation is 2. The second-order valence-electron chi connectivity index (χ2n) is 7.47. The van der Waals surface area contributed by atoms with Gasteiger partial charge in [-0.1, -0.05) is 43.7 Å². The smallest absolute Gasteiger partial charge is 0.324 e. The third-order valence-electron chi connectivity index (χ3n) is 4.85. The van der Waals surface area contributed by atoms with Gasteiger partial charge in [0.2, 0.25) is 0 Å². The minimum atomic E-state index is -3.91. The highest BCUT2D eigenvalue weighted by Gasteiger charge is 2.18. The Morgan fingerprint density at radius 1 is 1.04 bits per heavy atom. The molecule has 27 heavy (non-hydrogen) atoms. The average molecular weight is 410 g/mol. The first-order chi connectivity index (χ1) is 12.8. The lowest BCUT2D eigenvalue weighted by atomic mass is 9.99. The summed E-state index contributed by atoms with van der Waals surface area (Å²) < 4.78 is 11.0. The molecule has 0 saturated carbocycles. The molecule has 150 valence electrons. The molecule has 0 fully saturated rings. The summed E-state index contributed by atoms with van der Waals surface area (Å²) in [6.07, 6.45) is 7.11. The molecule has 1 unspecified atom stereocenters. The number of hydrogen-bond donors (Lipinski definition) is 3. The van der Waals surface area contributed by atoms with E-state index in [1.165, 1.54) is 34.6 Å². The van der Waals surface area contributed by atoms with Gasteiger partial charge < -0.3 is 15.5 Å². The van der Waals surface area contributed by atoms with Crippen LogP contribution in [0, 0.1) is 5.92 Å². The van der Waals surface area contributed by atoms with Crippen molar-refractivity contribution in [3.05, 3.63) is 57.8 Å². The summed E-state index contributed by atoms with van der Waals surface area (Å²) in [5.41, 5.74) is 7.72. The molecule has 1 aromatic carbocycles. The Bertz CT molecular complexity index is 713. The summed E-state index contributed by atoms with van der Waals surface area (Å²) >= 11 is 1.78. The number of benzene rings is 1. The number of thiophene rings is 1. The van der Waals surface area contributed by atoms with Crippen LogP contribution in [0.4, 0.5) is 0 Å². The molecule has 0 bridgehead atoms. The first-order valence-electron chi connectivity index (χ1n) is 9.76. The largest absolute Gasteiger partial charge is 0.325 e. The molecule has 1 aromatic heterocycles. The van der Waals surface area contributed by atoms with E-state index in [9.17, 15) is 4.57 Å². The SMILES string of the molecule is C[C@@H](CCP(=O)(O)O)CC(N)c1ccc(CCCCCc2ccccc2)s1. The Morgan fingerprint density at radius 2 is 1.74 bits per heavy atom. The van der Waals surface area contributed by atoms with E-state index in [2.05, 4.69) is 42.5 Å². The van der Waals surface area contributed by atoms with Crippen molar-refractivity contribution in [3.8, 4) is 0 Å². The van der Waals surface area contributed by atoms with Crippen molar-refractivity contribution >= 4 is 18.9 Å². The quantitative estimate of drug-likeness (QED) is 0.328. The number of nitrogens with two attached hydrogens (primary N) is 1. The van der Waals surface area contributed by atoms with Gasteiger partial charge in [-0.25, -0.2) is 0 Å². The second-order valence-corrected chi connectivity index (χ2v) is 10.5. The van der Waals surface area contributed by atoms with Gasteiger partial charge in [0.25, 0.3) is 0 Å². The number of unbranched alkanes of at least 4 members (excludes halogenated alkanes) is 2. The van der Waals surface area contributed by atoms with E-state index in [0.29, 0.717) is 6.42 Å². The molecule has 1 heterocycles. The van der Waals surface area contributed by atoms with Crippen LogP contribution in [0.3, 0.4) is 0 Å². The fourth-order valence-electron chi connectivity index (χ4n) is 3.23. The van der Waals surface area contributed by atoms with Crippen molar-refractivity contribution < 1.29 is 14.4 Å². The highest BCUT2D eigenvalue weighted by molar-refractivity contribution is 7.51. The zero-order chi connectivity index (χ0) is 19.7. The van der Waals surface area contributed by atoms with Crippen molar-refractivity contribution in [1.82, 2.24) is 0 Å². The minimum absolute atomic E-state index is 0.0476. The van der Waals surface area contributed by atoms with E-state index in [-0.39, 0.29) is 18.1 Å². The standard InChI is InChI=1S/C21H32NO3PS/c1-17(14-15-26(23,24)25)16-20(22)21-13-12-19(27-21)11-7-3-6-10-18-8-4-2-5-9-18/h2,4-5,8-9,12-13,17,20H,3,6-7,10-11,14-16,22H2,1H3,(H2,23,24,25)/t17-,20?/m0/s1. The van der Waals surface area contributed by atoms with Gasteiger partial charge in [-0.15, -0.1) is 11.3 Å². The van der Waals surface area contributed by atoms with Gasteiger partial charge in [0.1, 0.15) is 0 Å². The molecule has 0 aliphatic carbocycles. The van der Waals surface area contributed by atoms with Crippen LogP contribution in [0.2, 0.25) is 0 Å². The Labute approximate surface area is 167 Å². The molecular weight excluding hydrogens is 377 g/mol. The predicted octanol–water partition coefficient (Wildman–Crippen LogP) is 5.30. The summed E-state index contributed by atoms with van der Waals surface area (Å²) in [4.78, 5) is 20.5. The first-order valence-corrected chi connectivity index (χ1v) is 12.4. The van der Waals surface area contributed by atoms with Crippen LogP contribution >= 0.6 is 18.9 Å². The Hall–Kier alpha value is -0.970. The maximum absolute atomic E-state index is 11.0. The van der Waals surface area contributed by atoms with E-state index in [1.54, 1.807) is 11.3 Å². The van der Waals surface area contributed by atoms with Gasteiger partial charge in [0.05, 0.1) is 6.16 Å². The highest BCUT2D eigenvalue weighted by Crippen LogP contribution is 2.37. The molecule has 0 spiro atoms. The Kier molecular flexibility index (Phi) is 9.20. The van der Waals surface area contributed by atoms with Crippen LogP contribution in [0.5, 0.6) is 0 Å². The molecule has 4 nitrogen and oxygen atoms in total. The lowest BCUT2D eigenvalue weighted by Gasteiger charge is -2.16. The summed E-state index contributed by atoms with van der Waals surface area (Å²) in [6.45, 7) is 2.01. The second kappa shape index (κ2) is 11.1. The van der Waals surface area contributed by atoms with Gasteiger partial charge in [0, 0.05) is 15.8 Å². The summed E-state index contributed by atoms with van der Waals surface area (Å²) in [5, 5.41) is 0. The highest BCUT2D eigenvalue weighted by atomic mass is 32.1. The van der Waals surface area contributed by atoms with Gasteiger partial charge in [-0.2, -0.15) is 0 Å². The summed E-state index contributed by atoms with van der Waals surface area (Å²) in [6, 6.07) is 14.9. The lowest BCUT2D eigenvalue weighted by molar-refractivity contribution is 0.362. The minimum Gasteiger partial charge on any atom is -0.324 e. The normalized spacial score (nSPS) is 14.2. The Morgan fingerprint density at radius 3 is 2.44 bits per heavy atom. The maximum Gasteiger partial charge on any atom is 0.325 e. The van der Waals surface area contributed by atoms with Crippen LogP contribution in [-0.4, -0.2) is 15.9 Å². The molecule has 6 heteroatoms. The van der Waals surface area contributed by atoms with Crippen molar-refractivity contribution in [1.29, 1.82) is 0 Å². The van der Waals surface area contributed by atoms with Crippen LogP contribution in [0.1, 0.15) is 60.4 Å². The fourth-order valence-corrected chi connectivity index (χ4v) is 5.08. The van der Waals surface area contributed by atoms with Crippen molar-refractivity contribution in [2.24, 2.45) is 11.7 Å². The van der Waals surface area contributed by atoms with E-state index >= 15 is 0 Å². The van der Waals surface area contributed by atoms with E-state index in [4.69, 9.17) is 15.5 Å². The topological polar surface area (TPSA) is 83.5 Å². The molecule has 2 aromatic rings. The molecule has 2 rings (SSSR count). The van der Waals surface area contributed by atoms with E-state index < -0.39 is 7.60 Å². The zero-order valence-electron chi connectivity index (χ0n) is 16.1. The van der Waals surface area contributed by atoms with Crippen LogP contribution in [-0.2, 0) is 17.4 Å². The van der Waals surface area contributed by atoms with Gasteiger partial charge in [-0.05, 0) is 62.1 Å². The first kappa shape index (κ1) is 22.3. The monoisotopic (exact) mass is 409 g/mol. The molecule has 2 atom stereocenters. The zero-order valence-corrected chi connectivity index (χ0v) is 17.8.